The molecule has 12 heteroatoms. The van der Waals surface area contributed by atoms with Crippen molar-refractivity contribution in [2.45, 2.75) is 16.1 Å². The maximum atomic E-state index is 13.2. The van der Waals surface area contributed by atoms with E-state index in [9.17, 15) is 28.1 Å². The number of halogens is 6. The topological polar surface area (TPSA) is 84.3 Å². The molecule has 0 spiro atoms. The molecule has 2 rings (SSSR count). The van der Waals surface area contributed by atoms with Crippen LogP contribution in [0, 0.1) is 10.1 Å². The minimum absolute atomic E-state index is 0.349. The molecule has 28 heavy (non-hydrogen) atoms. The highest BCUT2D eigenvalue weighted by Crippen LogP contribution is 2.37. The molecule has 0 aromatic heterocycles. The third kappa shape index (κ3) is 5.40. The minimum Gasteiger partial charge on any atom is -0.361 e. The minimum atomic E-state index is -4.70. The van der Waals surface area contributed by atoms with E-state index >= 15 is 0 Å². The van der Waals surface area contributed by atoms with E-state index in [4.69, 9.17) is 34.8 Å². The van der Waals surface area contributed by atoms with Gasteiger partial charge in [0.25, 0.3) is 11.6 Å². The van der Waals surface area contributed by atoms with Crippen molar-refractivity contribution in [3.63, 3.8) is 0 Å². The summed E-state index contributed by atoms with van der Waals surface area (Å²) in [7, 11) is 0. The van der Waals surface area contributed by atoms with Crippen LogP contribution in [0.2, 0.25) is 0 Å². The van der Waals surface area contributed by atoms with E-state index in [0.29, 0.717) is 0 Å². The molecule has 0 heterocycles. The average molecular weight is 457 g/mol. The SMILES string of the molecule is O=C(NC(Nc1ccccc1C(F)(F)F)C(Cl)(Cl)Cl)c1ccccc1[N+](=O)[O-]. The van der Waals surface area contributed by atoms with Crippen LogP contribution in [-0.4, -0.2) is 20.8 Å². The van der Waals surface area contributed by atoms with Gasteiger partial charge in [-0.15, -0.1) is 0 Å². The fourth-order valence-corrected chi connectivity index (χ4v) is 2.57. The van der Waals surface area contributed by atoms with E-state index in [1.165, 1.54) is 24.3 Å². The Morgan fingerprint density at radius 1 is 1.04 bits per heavy atom. The summed E-state index contributed by atoms with van der Waals surface area (Å²) in [4.78, 5) is 22.7. The van der Waals surface area contributed by atoms with Gasteiger partial charge < -0.3 is 10.6 Å². The average Bonchev–Trinajstić information content (AvgIpc) is 2.59. The Bertz CT molecular complexity index is 888. The first kappa shape index (κ1) is 22.1. The summed E-state index contributed by atoms with van der Waals surface area (Å²) in [6.07, 6.45) is -6.34. The van der Waals surface area contributed by atoms with Crippen LogP contribution in [-0.2, 0) is 6.18 Å². The fraction of sp³-hybridized carbons (Fsp3) is 0.188. The maximum absolute atomic E-state index is 13.2. The number of nitro groups is 1. The molecule has 0 saturated heterocycles. The summed E-state index contributed by atoms with van der Waals surface area (Å²) in [5.74, 6) is -1.01. The van der Waals surface area contributed by atoms with Crippen molar-refractivity contribution in [2.75, 3.05) is 5.32 Å². The summed E-state index contributed by atoms with van der Waals surface area (Å²) in [6.45, 7) is 0. The Hall–Kier alpha value is -2.23. The number of carbonyl (C=O) groups is 1. The molecule has 1 unspecified atom stereocenters. The van der Waals surface area contributed by atoms with Gasteiger partial charge in [-0.1, -0.05) is 59.1 Å². The number of carbonyl (C=O) groups excluding carboxylic acids is 1. The standard InChI is InChI=1S/C16H11Cl3F3N3O3/c17-15(18,19)14(23-11-7-3-2-6-10(11)16(20,21)22)24-13(26)9-5-1-4-8-12(9)25(27)28/h1-8,14,23H,(H,24,26). The smallest absolute Gasteiger partial charge is 0.361 e. The van der Waals surface area contributed by atoms with Crippen molar-refractivity contribution in [1.29, 1.82) is 0 Å². The zero-order valence-corrected chi connectivity index (χ0v) is 15.9. The van der Waals surface area contributed by atoms with Gasteiger partial charge in [-0.05, 0) is 18.2 Å². The number of benzene rings is 2. The lowest BCUT2D eigenvalue weighted by Gasteiger charge is -2.28. The first-order valence-corrected chi connectivity index (χ1v) is 8.58. The quantitative estimate of drug-likeness (QED) is 0.282. The zero-order chi connectivity index (χ0) is 21.1. The lowest BCUT2D eigenvalue weighted by Crippen LogP contribution is -2.49. The van der Waals surface area contributed by atoms with Crippen LogP contribution in [0.15, 0.2) is 48.5 Å². The van der Waals surface area contributed by atoms with Crippen LogP contribution in [0.5, 0.6) is 0 Å². The van der Waals surface area contributed by atoms with Crippen molar-refractivity contribution in [3.05, 3.63) is 69.8 Å². The number of nitro benzene ring substituents is 1. The van der Waals surface area contributed by atoms with Gasteiger partial charge in [0.15, 0.2) is 0 Å². The molecule has 1 atom stereocenters. The predicted octanol–water partition coefficient (Wildman–Crippen LogP) is 5.15. The van der Waals surface area contributed by atoms with Crippen LogP contribution < -0.4 is 10.6 Å². The Balaban J connectivity index is 2.35. The Morgan fingerprint density at radius 3 is 2.18 bits per heavy atom. The molecule has 0 bridgehead atoms. The molecule has 0 radical (unpaired) electrons. The highest BCUT2D eigenvalue weighted by atomic mass is 35.6. The molecule has 0 aliphatic carbocycles. The molecule has 2 aromatic rings. The molecule has 2 aromatic carbocycles. The molecule has 1 amide bonds. The first-order chi connectivity index (χ1) is 12.9. The van der Waals surface area contributed by atoms with Crippen molar-refractivity contribution in [1.82, 2.24) is 5.32 Å². The predicted molar refractivity (Wildman–Crippen MR) is 99.7 cm³/mol. The van der Waals surface area contributed by atoms with Crippen molar-refractivity contribution >= 4 is 52.1 Å². The Labute approximate surface area is 171 Å². The zero-order valence-electron chi connectivity index (χ0n) is 13.6. The molecule has 150 valence electrons. The molecule has 0 aliphatic rings. The summed E-state index contributed by atoms with van der Waals surface area (Å²) in [5, 5.41) is 15.6. The van der Waals surface area contributed by atoms with Crippen LogP contribution in [0.25, 0.3) is 0 Å². The third-order valence-corrected chi connectivity index (χ3v) is 4.14. The number of nitrogens with zero attached hydrogens (tertiary/aromatic N) is 1. The van der Waals surface area contributed by atoms with Gasteiger partial charge >= 0.3 is 6.18 Å². The van der Waals surface area contributed by atoms with Crippen LogP contribution in [0.3, 0.4) is 0 Å². The van der Waals surface area contributed by atoms with E-state index in [1.807, 2.05) is 0 Å². The van der Waals surface area contributed by atoms with E-state index in [0.717, 1.165) is 24.3 Å². The monoisotopic (exact) mass is 455 g/mol. The Kier molecular flexibility index (Phi) is 6.63. The number of alkyl halides is 6. The van der Waals surface area contributed by atoms with E-state index < -0.39 is 43.9 Å². The normalized spacial score (nSPS) is 12.9. The molecule has 0 saturated carbocycles. The number of hydrogen-bond donors (Lipinski definition) is 2. The summed E-state index contributed by atoms with van der Waals surface area (Å²) in [5.41, 5.74) is -2.36. The van der Waals surface area contributed by atoms with Crippen LogP contribution in [0.4, 0.5) is 24.5 Å². The fourth-order valence-electron chi connectivity index (χ4n) is 2.25. The third-order valence-electron chi connectivity index (χ3n) is 3.48. The van der Waals surface area contributed by atoms with Gasteiger partial charge in [0.1, 0.15) is 11.7 Å². The van der Waals surface area contributed by atoms with Gasteiger partial charge in [-0.2, -0.15) is 13.2 Å². The largest absolute Gasteiger partial charge is 0.418 e. The number of nitrogens with one attached hydrogen (secondary N) is 2. The van der Waals surface area contributed by atoms with Crippen LogP contribution >= 0.6 is 34.8 Å². The van der Waals surface area contributed by atoms with Crippen molar-refractivity contribution in [3.8, 4) is 0 Å². The summed E-state index contributed by atoms with van der Waals surface area (Å²) < 4.78 is 37.2. The number of rotatable bonds is 5. The molecule has 6 nitrogen and oxygen atoms in total. The lowest BCUT2D eigenvalue weighted by atomic mass is 10.1. The number of hydrogen-bond acceptors (Lipinski definition) is 4. The van der Waals surface area contributed by atoms with Crippen LogP contribution in [0.1, 0.15) is 15.9 Å². The Morgan fingerprint density at radius 2 is 1.61 bits per heavy atom. The molecule has 2 N–H and O–H groups in total. The van der Waals surface area contributed by atoms with Gasteiger partial charge in [-0.25, -0.2) is 0 Å². The molecular formula is C16H11Cl3F3N3O3. The van der Waals surface area contributed by atoms with Gasteiger partial charge in [0.2, 0.25) is 3.79 Å². The number of anilines is 1. The summed E-state index contributed by atoms with van der Waals surface area (Å²) >= 11 is 17.4. The first-order valence-electron chi connectivity index (χ1n) is 7.45. The second kappa shape index (κ2) is 8.42. The highest BCUT2D eigenvalue weighted by Gasteiger charge is 2.38. The van der Waals surface area contributed by atoms with Gasteiger partial charge in [0.05, 0.1) is 10.5 Å². The van der Waals surface area contributed by atoms with Crippen molar-refractivity contribution < 1.29 is 22.9 Å². The van der Waals surface area contributed by atoms with Gasteiger partial charge in [0, 0.05) is 11.8 Å². The lowest BCUT2D eigenvalue weighted by molar-refractivity contribution is -0.385. The molecule has 0 fully saturated rings. The summed E-state index contributed by atoms with van der Waals surface area (Å²) in [6, 6.07) is 9.35. The van der Waals surface area contributed by atoms with E-state index in [1.54, 1.807) is 0 Å². The van der Waals surface area contributed by atoms with Crippen molar-refractivity contribution in [2.24, 2.45) is 0 Å². The second-order valence-corrected chi connectivity index (χ2v) is 7.78. The number of para-hydroxylation sites is 2. The highest BCUT2D eigenvalue weighted by molar-refractivity contribution is 6.68. The number of amides is 1. The molecular weight excluding hydrogens is 446 g/mol. The van der Waals surface area contributed by atoms with E-state index in [-0.39, 0.29) is 5.56 Å². The maximum Gasteiger partial charge on any atom is 0.418 e. The van der Waals surface area contributed by atoms with Gasteiger partial charge in [-0.3, -0.25) is 14.9 Å². The second-order valence-electron chi connectivity index (χ2n) is 5.41. The van der Waals surface area contributed by atoms with E-state index in [2.05, 4.69) is 10.6 Å². The molecule has 0 aliphatic heterocycles.